The molecule has 1 aliphatic rings. The Kier molecular flexibility index (Phi) is 8.35. The number of aliphatic carboxylic acids is 2. The number of rotatable bonds is 6. The van der Waals surface area contributed by atoms with E-state index in [1.54, 1.807) is 11.3 Å². The largest absolute Gasteiger partial charge is 0.473 e. The Bertz CT molecular complexity index is 1140. The highest BCUT2D eigenvalue weighted by atomic mass is 32.1. The number of aryl methyl sites for hydroxylation is 1. The number of unbranched alkanes of at least 4 members (excludes halogenated alkanes) is 1. The molecule has 2 aromatic heterocycles. The van der Waals surface area contributed by atoms with Crippen LogP contribution in [0.5, 0.6) is 0 Å². The van der Waals surface area contributed by atoms with Crippen LogP contribution in [0.3, 0.4) is 0 Å². The number of carboxylic acid groups (broad SMARTS) is 2. The zero-order chi connectivity index (χ0) is 23.1. The smallest absolute Gasteiger partial charge is 0.414 e. The molecule has 0 amide bonds. The third kappa shape index (κ3) is 5.72. The maximum Gasteiger partial charge on any atom is 0.414 e. The Labute approximate surface area is 190 Å². The van der Waals surface area contributed by atoms with Crippen LogP contribution in [0.2, 0.25) is 0 Å². The number of pyridine rings is 1. The molecule has 0 spiro atoms. The van der Waals surface area contributed by atoms with Gasteiger partial charge in [-0.3, -0.25) is 9.36 Å². The number of hydrogen-bond donors (Lipinski definition) is 2. The highest BCUT2D eigenvalue weighted by Crippen LogP contribution is 2.28. The number of carboxylic acids is 2. The fraction of sp³-hybridized carbons (Fsp3) is 0.478. The molecule has 3 aromatic rings. The van der Waals surface area contributed by atoms with Gasteiger partial charge in [0, 0.05) is 23.9 Å². The van der Waals surface area contributed by atoms with Crippen LogP contribution in [0.15, 0.2) is 29.1 Å². The number of benzene rings is 1. The van der Waals surface area contributed by atoms with Crippen molar-refractivity contribution < 1.29 is 19.8 Å². The zero-order valence-electron chi connectivity index (χ0n) is 18.2. The van der Waals surface area contributed by atoms with E-state index in [0.29, 0.717) is 0 Å². The molecule has 0 bridgehead atoms. The van der Waals surface area contributed by atoms with E-state index < -0.39 is 11.9 Å². The Balaban J connectivity index is 0.000000427. The van der Waals surface area contributed by atoms with Gasteiger partial charge in [0.15, 0.2) is 0 Å². The van der Waals surface area contributed by atoms with Crippen molar-refractivity contribution in [3.63, 3.8) is 0 Å². The monoisotopic (exact) mass is 459 g/mol. The van der Waals surface area contributed by atoms with Crippen LogP contribution in [-0.2, 0) is 22.6 Å². The Hall–Kier alpha value is -2.78. The zero-order valence-corrected chi connectivity index (χ0v) is 19.1. The maximum absolute atomic E-state index is 13.2. The van der Waals surface area contributed by atoms with E-state index in [1.807, 2.05) is 28.8 Å². The van der Waals surface area contributed by atoms with E-state index in [1.165, 1.54) is 25.7 Å². The van der Waals surface area contributed by atoms with E-state index in [2.05, 4.69) is 11.8 Å². The van der Waals surface area contributed by atoms with Gasteiger partial charge in [0.1, 0.15) is 10.3 Å². The van der Waals surface area contributed by atoms with Gasteiger partial charge in [-0.1, -0.05) is 38.0 Å². The molecule has 2 N–H and O–H groups in total. The van der Waals surface area contributed by atoms with Gasteiger partial charge in [-0.2, -0.15) is 0 Å². The summed E-state index contributed by atoms with van der Waals surface area (Å²) in [4.78, 5) is 39.8. The summed E-state index contributed by atoms with van der Waals surface area (Å²) in [5, 5.41) is 17.7. The van der Waals surface area contributed by atoms with Crippen LogP contribution >= 0.6 is 11.3 Å². The number of nitrogens with zero attached hydrogens (tertiary/aromatic N) is 3. The van der Waals surface area contributed by atoms with Crippen molar-refractivity contribution in [1.82, 2.24) is 14.5 Å². The minimum absolute atomic E-state index is 0.135. The second-order valence-electron chi connectivity index (χ2n) is 7.88. The molecule has 0 aliphatic carbocycles. The van der Waals surface area contributed by atoms with Crippen LogP contribution in [0.1, 0.15) is 44.0 Å². The third-order valence-corrected chi connectivity index (χ3v) is 6.71. The number of likely N-dealkylation sites (tertiary alicyclic amines) is 1. The second-order valence-corrected chi connectivity index (χ2v) is 8.94. The summed E-state index contributed by atoms with van der Waals surface area (Å²) in [6, 6.07) is 7.94. The lowest BCUT2D eigenvalue weighted by Crippen LogP contribution is -2.34. The Morgan fingerprint density at radius 1 is 1.03 bits per heavy atom. The molecule has 4 rings (SSSR count). The quantitative estimate of drug-likeness (QED) is 0.542. The molecule has 1 aliphatic heterocycles. The molecule has 1 aromatic carbocycles. The summed E-state index contributed by atoms with van der Waals surface area (Å²) >= 11 is 1.71. The van der Waals surface area contributed by atoms with Crippen LogP contribution in [-0.4, -0.2) is 56.2 Å². The number of thiazole rings is 1. The molecular formula is C23H29N3O5S. The molecule has 8 nitrogen and oxygen atoms in total. The summed E-state index contributed by atoms with van der Waals surface area (Å²) < 4.78 is 1.99. The van der Waals surface area contributed by atoms with Crippen LogP contribution < -0.4 is 5.56 Å². The molecular weight excluding hydrogens is 430 g/mol. The molecule has 172 valence electrons. The summed E-state index contributed by atoms with van der Waals surface area (Å²) in [6.45, 7) is 6.24. The summed E-state index contributed by atoms with van der Waals surface area (Å²) in [6.07, 6.45) is 7.22. The summed E-state index contributed by atoms with van der Waals surface area (Å²) in [5.41, 5.74) is 1.14. The lowest BCUT2D eigenvalue weighted by Gasteiger charge is -2.26. The number of hydrogen-bond acceptors (Lipinski definition) is 6. The standard InChI is InChI=1S/C21H27N3OS.C2H2O4/c1-2-3-11-18-22-19-16-9-5-6-10-17(16)20(25)24(21(19)26-18)15-14-23-12-7-4-8-13-23;3-1(4)2(5)6/h5-6,9-10H,2-4,7-8,11-15H2,1H3;(H,3,4)(H,5,6). The molecule has 0 atom stereocenters. The van der Waals surface area contributed by atoms with Gasteiger partial charge in [0.2, 0.25) is 0 Å². The first-order chi connectivity index (χ1) is 15.4. The lowest BCUT2D eigenvalue weighted by atomic mass is 10.1. The van der Waals surface area contributed by atoms with Gasteiger partial charge in [-0.15, -0.1) is 11.3 Å². The van der Waals surface area contributed by atoms with Crippen molar-refractivity contribution in [3.8, 4) is 0 Å². The second kappa shape index (κ2) is 11.2. The molecule has 0 unspecified atom stereocenters. The Morgan fingerprint density at radius 2 is 1.69 bits per heavy atom. The average Bonchev–Trinajstić information content (AvgIpc) is 3.23. The molecule has 3 heterocycles. The normalized spacial score (nSPS) is 14.3. The van der Waals surface area contributed by atoms with E-state index in [4.69, 9.17) is 24.8 Å². The summed E-state index contributed by atoms with van der Waals surface area (Å²) in [7, 11) is 0. The van der Waals surface area contributed by atoms with Gasteiger partial charge in [-0.25, -0.2) is 14.6 Å². The average molecular weight is 460 g/mol. The highest BCUT2D eigenvalue weighted by Gasteiger charge is 2.17. The van der Waals surface area contributed by atoms with E-state index >= 15 is 0 Å². The molecule has 1 saturated heterocycles. The number of piperidine rings is 1. The topological polar surface area (TPSA) is 113 Å². The molecule has 9 heteroatoms. The van der Waals surface area contributed by atoms with E-state index in [9.17, 15) is 4.79 Å². The van der Waals surface area contributed by atoms with E-state index in [0.717, 1.165) is 65.1 Å². The van der Waals surface area contributed by atoms with Gasteiger partial charge in [0.25, 0.3) is 5.56 Å². The van der Waals surface area contributed by atoms with Crippen molar-refractivity contribution in [2.75, 3.05) is 19.6 Å². The number of fused-ring (bicyclic) bond motifs is 3. The van der Waals surface area contributed by atoms with E-state index in [-0.39, 0.29) is 5.56 Å². The highest BCUT2D eigenvalue weighted by molar-refractivity contribution is 7.18. The van der Waals surface area contributed by atoms with Gasteiger partial charge >= 0.3 is 11.9 Å². The molecule has 1 fully saturated rings. The SMILES string of the molecule is CCCCc1nc2c3ccccc3c(=O)n(CCN3CCCCC3)c2s1.O=C(O)C(=O)O. The van der Waals surface area contributed by atoms with Gasteiger partial charge < -0.3 is 15.1 Å². The van der Waals surface area contributed by atoms with Crippen molar-refractivity contribution in [2.45, 2.75) is 52.0 Å². The fourth-order valence-electron chi connectivity index (χ4n) is 3.89. The fourth-order valence-corrected chi connectivity index (χ4v) is 5.03. The van der Waals surface area contributed by atoms with Crippen molar-refractivity contribution in [3.05, 3.63) is 39.6 Å². The number of carbonyl (C=O) groups is 2. The van der Waals surface area contributed by atoms with Crippen LogP contribution in [0, 0.1) is 0 Å². The first kappa shape index (κ1) is 23.9. The third-order valence-electron chi connectivity index (χ3n) is 5.57. The van der Waals surface area contributed by atoms with Crippen molar-refractivity contribution in [1.29, 1.82) is 0 Å². The predicted octanol–water partition coefficient (Wildman–Crippen LogP) is 3.60. The maximum atomic E-state index is 13.2. The van der Waals surface area contributed by atoms with Gasteiger partial charge in [-0.05, 0) is 44.8 Å². The summed E-state index contributed by atoms with van der Waals surface area (Å²) in [5.74, 6) is -3.65. The van der Waals surface area contributed by atoms with Gasteiger partial charge in [0.05, 0.1) is 5.01 Å². The lowest BCUT2D eigenvalue weighted by molar-refractivity contribution is -0.159. The molecule has 0 radical (unpaired) electrons. The first-order valence-corrected chi connectivity index (χ1v) is 11.8. The van der Waals surface area contributed by atoms with Crippen molar-refractivity contribution in [2.24, 2.45) is 0 Å². The van der Waals surface area contributed by atoms with Crippen LogP contribution in [0.4, 0.5) is 0 Å². The Morgan fingerprint density at radius 3 is 2.31 bits per heavy atom. The first-order valence-electron chi connectivity index (χ1n) is 11.0. The minimum Gasteiger partial charge on any atom is -0.473 e. The van der Waals surface area contributed by atoms with Crippen LogP contribution in [0.25, 0.3) is 21.1 Å². The van der Waals surface area contributed by atoms with Crippen molar-refractivity contribution >= 4 is 44.4 Å². The molecule has 32 heavy (non-hydrogen) atoms. The molecule has 0 saturated carbocycles. The minimum atomic E-state index is -1.82. The number of aromatic nitrogens is 2. The predicted molar refractivity (Wildman–Crippen MR) is 126 cm³/mol.